The molecule has 1 aliphatic rings. The molecule has 3 aromatic carbocycles. The standard InChI is InChI=1S/C24H16Cl2FNO4/c1-30-22-11-14(5-8-21(22)31-13-15-3-2-4-17(27)9-15)10-20-24(29)32-23(28-20)18-12-16(25)6-7-19(18)26/h2-12H,13H2,1H3/b20-10-. The van der Waals surface area contributed by atoms with Crippen molar-refractivity contribution in [2.45, 2.75) is 6.61 Å². The SMILES string of the molecule is COc1cc(/C=C2\N=C(c3cc(Cl)ccc3Cl)OC2=O)ccc1OCc1cccc(F)c1. The van der Waals surface area contributed by atoms with E-state index in [2.05, 4.69) is 4.99 Å². The molecule has 0 spiro atoms. The molecule has 0 fully saturated rings. The highest BCUT2D eigenvalue weighted by Crippen LogP contribution is 2.31. The summed E-state index contributed by atoms with van der Waals surface area (Å²) in [7, 11) is 1.50. The van der Waals surface area contributed by atoms with Crippen LogP contribution in [0.25, 0.3) is 6.08 Å². The Morgan fingerprint density at radius 3 is 2.69 bits per heavy atom. The van der Waals surface area contributed by atoms with Gasteiger partial charge in [0, 0.05) is 5.02 Å². The normalized spacial score (nSPS) is 14.3. The van der Waals surface area contributed by atoms with E-state index in [4.69, 9.17) is 37.4 Å². The van der Waals surface area contributed by atoms with Crippen molar-refractivity contribution in [2.24, 2.45) is 4.99 Å². The number of carbonyl (C=O) groups excluding carboxylic acids is 1. The van der Waals surface area contributed by atoms with Crippen molar-refractivity contribution in [3.8, 4) is 11.5 Å². The van der Waals surface area contributed by atoms with E-state index in [0.29, 0.717) is 38.2 Å². The van der Waals surface area contributed by atoms with Gasteiger partial charge >= 0.3 is 5.97 Å². The van der Waals surface area contributed by atoms with Crippen molar-refractivity contribution >= 4 is 41.1 Å². The summed E-state index contributed by atoms with van der Waals surface area (Å²) in [6, 6.07) is 16.1. The van der Waals surface area contributed by atoms with E-state index in [0.717, 1.165) is 0 Å². The predicted octanol–water partition coefficient (Wildman–Crippen LogP) is 6.06. The fourth-order valence-corrected chi connectivity index (χ4v) is 3.40. The number of hydrogen-bond donors (Lipinski definition) is 0. The Bertz CT molecular complexity index is 1260. The van der Waals surface area contributed by atoms with Gasteiger partial charge < -0.3 is 14.2 Å². The quantitative estimate of drug-likeness (QED) is 0.323. The van der Waals surface area contributed by atoms with Crippen LogP contribution in [0.2, 0.25) is 10.0 Å². The molecule has 0 saturated heterocycles. The van der Waals surface area contributed by atoms with Gasteiger partial charge in [-0.3, -0.25) is 0 Å². The summed E-state index contributed by atoms with van der Waals surface area (Å²) in [5.41, 5.74) is 1.86. The Morgan fingerprint density at radius 1 is 1.06 bits per heavy atom. The lowest BCUT2D eigenvalue weighted by Crippen LogP contribution is -2.06. The summed E-state index contributed by atoms with van der Waals surface area (Å²) in [4.78, 5) is 16.6. The summed E-state index contributed by atoms with van der Waals surface area (Å²) >= 11 is 12.2. The number of aliphatic imine (C=N–C) groups is 1. The van der Waals surface area contributed by atoms with Gasteiger partial charge in [-0.25, -0.2) is 14.2 Å². The van der Waals surface area contributed by atoms with Crippen molar-refractivity contribution < 1.29 is 23.4 Å². The maximum Gasteiger partial charge on any atom is 0.363 e. The molecule has 8 heteroatoms. The highest BCUT2D eigenvalue weighted by atomic mass is 35.5. The van der Waals surface area contributed by atoms with E-state index in [1.807, 2.05) is 0 Å². The summed E-state index contributed by atoms with van der Waals surface area (Å²) < 4.78 is 29.8. The molecule has 0 aromatic heterocycles. The second-order valence-corrected chi connectivity index (χ2v) is 7.63. The lowest BCUT2D eigenvalue weighted by Gasteiger charge is -2.11. The zero-order chi connectivity index (χ0) is 22.7. The molecule has 0 radical (unpaired) electrons. The minimum Gasteiger partial charge on any atom is -0.493 e. The summed E-state index contributed by atoms with van der Waals surface area (Å²) in [6.07, 6.45) is 1.56. The molecule has 5 nitrogen and oxygen atoms in total. The topological polar surface area (TPSA) is 57.1 Å². The monoisotopic (exact) mass is 471 g/mol. The molecule has 0 atom stereocenters. The van der Waals surface area contributed by atoms with Gasteiger partial charge in [0.1, 0.15) is 12.4 Å². The number of rotatable bonds is 6. The number of esters is 1. The molecule has 0 N–H and O–H groups in total. The van der Waals surface area contributed by atoms with Crippen LogP contribution < -0.4 is 9.47 Å². The number of carbonyl (C=O) groups is 1. The van der Waals surface area contributed by atoms with Gasteiger partial charge in [0.2, 0.25) is 5.90 Å². The first-order valence-corrected chi connectivity index (χ1v) is 10.2. The Labute approximate surface area is 193 Å². The summed E-state index contributed by atoms with van der Waals surface area (Å²) in [6.45, 7) is 0.176. The zero-order valence-corrected chi connectivity index (χ0v) is 18.3. The maximum atomic E-state index is 13.3. The average Bonchev–Trinajstić information content (AvgIpc) is 3.14. The van der Waals surface area contributed by atoms with Crippen LogP contribution in [-0.2, 0) is 16.1 Å². The van der Waals surface area contributed by atoms with Gasteiger partial charge in [0.15, 0.2) is 17.2 Å². The Balaban J connectivity index is 1.56. The number of hydrogen-bond acceptors (Lipinski definition) is 5. The van der Waals surface area contributed by atoms with Crippen LogP contribution in [0.1, 0.15) is 16.7 Å². The van der Waals surface area contributed by atoms with Gasteiger partial charge in [0.05, 0.1) is 17.7 Å². The van der Waals surface area contributed by atoms with Gasteiger partial charge in [-0.1, -0.05) is 41.4 Å². The van der Waals surface area contributed by atoms with Crippen molar-refractivity contribution in [1.82, 2.24) is 0 Å². The lowest BCUT2D eigenvalue weighted by atomic mass is 10.1. The van der Waals surface area contributed by atoms with Gasteiger partial charge in [-0.15, -0.1) is 0 Å². The molecule has 0 bridgehead atoms. The van der Waals surface area contributed by atoms with Crippen LogP contribution in [0.5, 0.6) is 11.5 Å². The van der Waals surface area contributed by atoms with E-state index in [1.165, 1.54) is 19.2 Å². The molecule has 162 valence electrons. The van der Waals surface area contributed by atoms with Gasteiger partial charge in [-0.2, -0.15) is 0 Å². The van der Waals surface area contributed by atoms with Crippen molar-refractivity contribution in [3.63, 3.8) is 0 Å². The minimum atomic E-state index is -0.610. The van der Waals surface area contributed by atoms with E-state index in [1.54, 1.807) is 54.6 Å². The fraction of sp³-hybridized carbons (Fsp3) is 0.0833. The van der Waals surface area contributed by atoms with Crippen LogP contribution >= 0.6 is 23.2 Å². The number of cyclic esters (lactones) is 1. The van der Waals surface area contributed by atoms with Gasteiger partial charge in [-0.05, 0) is 59.7 Å². The number of halogens is 3. The molecule has 1 aliphatic heterocycles. The maximum absolute atomic E-state index is 13.3. The van der Waals surface area contributed by atoms with E-state index < -0.39 is 5.97 Å². The molecule has 0 saturated carbocycles. The van der Waals surface area contributed by atoms with E-state index in [-0.39, 0.29) is 24.0 Å². The first-order valence-electron chi connectivity index (χ1n) is 9.46. The average molecular weight is 472 g/mol. The first kappa shape index (κ1) is 21.9. The third-order valence-corrected chi connectivity index (χ3v) is 5.12. The van der Waals surface area contributed by atoms with Crippen molar-refractivity contribution in [1.29, 1.82) is 0 Å². The number of nitrogens with zero attached hydrogens (tertiary/aromatic N) is 1. The number of ether oxygens (including phenoxy) is 3. The minimum absolute atomic E-state index is 0.0794. The first-order chi connectivity index (χ1) is 15.4. The highest BCUT2D eigenvalue weighted by Gasteiger charge is 2.26. The third kappa shape index (κ3) is 4.93. The molecule has 0 amide bonds. The molecule has 3 aromatic rings. The predicted molar refractivity (Wildman–Crippen MR) is 121 cm³/mol. The lowest BCUT2D eigenvalue weighted by molar-refractivity contribution is -0.129. The Kier molecular flexibility index (Phi) is 6.44. The van der Waals surface area contributed by atoms with Gasteiger partial charge in [0.25, 0.3) is 0 Å². The fourth-order valence-electron chi connectivity index (χ4n) is 3.02. The molecule has 4 rings (SSSR count). The van der Waals surface area contributed by atoms with Crippen LogP contribution in [0.3, 0.4) is 0 Å². The second kappa shape index (κ2) is 9.42. The number of benzene rings is 3. The van der Waals surface area contributed by atoms with E-state index >= 15 is 0 Å². The van der Waals surface area contributed by atoms with Crippen LogP contribution in [-0.4, -0.2) is 19.0 Å². The summed E-state index contributed by atoms with van der Waals surface area (Å²) in [5.74, 6) is 0.0617. The van der Waals surface area contributed by atoms with Crippen molar-refractivity contribution in [2.75, 3.05) is 7.11 Å². The Morgan fingerprint density at radius 2 is 1.91 bits per heavy atom. The molecule has 0 aliphatic carbocycles. The van der Waals surface area contributed by atoms with Crippen molar-refractivity contribution in [3.05, 3.63) is 98.9 Å². The second-order valence-electron chi connectivity index (χ2n) is 6.79. The Hall–Kier alpha value is -3.35. The molecular weight excluding hydrogens is 456 g/mol. The molecule has 0 unspecified atom stereocenters. The van der Waals surface area contributed by atoms with Crippen LogP contribution in [0.4, 0.5) is 4.39 Å². The zero-order valence-electron chi connectivity index (χ0n) is 16.8. The number of methoxy groups -OCH3 is 1. The highest BCUT2D eigenvalue weighted by molar-refractivity contribution is 6.36. The molecule has 1 heterocycles. The molecular formula is C24H16Cl2FNO4. The van der Waals surface area contributed by atoms with Crippen LogP contribution in [0.15, 0.2) is 71.4 Å². The smallest absolute Gasteiger partial charge is 0.363 e. The van der Waals surface area contributed by atoms with Crippen LogP contribution in [0, 0.1) is 5.82 Å². The largest absolute Gasteiger partial charge is 0.493 e. The summed E-state index contributed by atoms with van der Waals surface area (Å²) in [5, 5.41) is 0.808. The third-order valence-electron chi connectivity index (χ3n) is 4.55. The molecule has 32 heavy (non-hydrogen) atoms. The van der Waals surface area contributed by atoms with E-state index in [9.17, 15) is 9.18 Å².